The van der Waals surface area contributed by atoms with Gasteiger partial charge in [0.25, 0.3) is 11.8 Å². The molecule has 0 bridgehead atoms. The number of hydrogen-bond donors (Lipinski definition) is 2. The molecule has 2 amide bonds. The molecular weight excluding hydrogens is 420 g/mol. The lowest BCUT2D eigenvalue weighted by Crippen LogP contribution is -2.12. The van der Waals surface area contributed by atoms with Crippen molar-refractivity contribution in [2.45, 2.75) is 0 Å². The highest BCUT2D eigenvalue weighted by Crippen LogP contribution is 2.24. The second kappa shape index (κ2) is 9.43. The average molecular weight is 443 g/mol. The van der Waals surface area contributed by atoms with Crippen LogP contribution in [0.3, 0.4) is 0 Å². The van der Waals surface area contributed by atoms with E-state index in [-0.39, 0.29) is 11.8 Å². The normalized spacial score (nSPS) is 10.6. The van der Waals surface area contributed by atoms with Crippen molar-refractivity contribution in [3.05, 3.63) is 132 Å². The number of benzene rings is 5. The lowest BCUT2D eigenvalue weighted by molar-refractivity contribution is 0.101. The van der Waals surface area contributed by atoms with Crippen LogP contribution in [0.4, 0.5) is 11.4 Å². The number of amides is 2. The number of fused-ring (bicyclic) bond motifs is 1. The molecule has 0 radical (unpaired) electrons. The Bertz CT molecular complexity index is 1450. The van der Waals surface area contributed by atoms with Gasteiger partial charge in [-0.1, -0.05) is 78.9 Å². The van der Waals surface area contributed by atoms with Gasteiger partial charge in [0.2, 0.25) is 0 Å². The maximum Gasteiger partial charge on any atom is 0.256 e. The molecule has 0 saturated carbocycles. The summed E-state index contributed by atoms with van der Waals surface area (Å²) in [6.45, 7) is 0. The fourth-order valence-corrected chi connectivity index (χ4v) is 3.91. The maximum absolute atomic E-state index is 12.9. The van der Waals surface area contributed by atoms with Crippen LogP contribution in [-0.2, 0) is 0 Å². The highest BCUT2D eigenvalue weighted by molar-refractivity contribution is 6.13. The van der Waals surface area contributed by atoms with Gasteiger partial charge in [0, 0.05) is 22.5 Å². The van der Waals surface area contributed by atoms with E-state index in [1.165, 1.54) is 0 Å². The molecular formula is C30H22N2O2. The van der Waals surface area contributed by atoms with Crippen molar-refractivity contribution < 1.29 is 9.59 Å². The molecule has 0 aliphatic heterocycles. The summed E-state index contributed by atoms with van der Waals surface area (Å²) in [5, 5.41) is 7.83. The summed E-state index contributed by atoms with van der Waals surface area (Å²) in [5.41, 5.74) is 4.71. The van der Waals surface area contributed by atoms with Gasteiger partial charge < -0.3 is 10.6 Å². The Kier molecular flexibility index (Phi) is 5.87. The van der Waals surface area contributed by atoms with Gasteiger partial charge in [0.1, 0.15) is 0 Å². The molecule has 0 aliphatic carbocycles. The summed E-state index contributed by atoms with van der Waals surface area (Å²) in [7, 11) is 0. The monoisotopic (exact) mass is 442 g/mol. The summed E-state index contributed by atoms with van der Waals surface area (Å²) >= 11 is 0. The zero-order chi connectivity index (χ0) is 23.3. The van der Waals surface area contributed by atoms with Crippen molar-refractivity contribution in [3.8, 4) is 11.1 Å². The van der Waals surface area contributed by atoms with Crippen LogP contribution >= 0.6 is 0 Å². The Morgan fingerprint density at radius 2 is 1.03 bits per heavy atom. The van der Waals surface area contributed by atoms with Crippen LogP contribution in [0.15, 0.2) is 121 Å². The summed E-state index contributed by atoms with van der Waals surface area (Å²) in [6.07, 6.45) is 0. The first-order valence-electron chi connectivity index (χ1n) is 11.0. The van der Waals surface area contributed by atoms with E-state index in [0.717, 1.165) is 33.3 Å². The third kappa shape index (κ3) is 4.57. The zero-order valence-corrected chi connectivity index (χ0v) is 18.4. The van der Waals surface area contributed by atoms with Crippen molar-refractivity contribution in [1.82, 2.24) is 0 Å². The molecule has 5 aromatic carbocycles. The van der Waals surface area contributed by atoms with Crippen LogP contribution in [0.2, 0.25) is 0 Å². The summed E-state index contributed by atoms with van der Waals surface area (Å²) in [6, 6.07) is 38.1. The minimum absolute atomic E-state index is 0.140. The molecule has 0 unspecified atom stereocenters. The third-order valence-electron chi connectivity index (χ3n) is 5.69. The fraction of sp³-hybridized carbons (Fsp3) is 0. The molecule has 4 nitrogen and oxygen atoms in total. The molecule has 0 aromatic heterocycles. The smallest absolute Gasteiger partial charge is 0.256 e. The van der Waals surface area contributed by atoms with E-state index in [4.69, 9.17) is 0 Å². The van der Waals surface area contributed by atoms with Crippen LogP contribution in [0.5, 0.6) is 0 Å². The van der Waals surface area contributed by atoms with Gasteiger partial charge in [-0.3, -0.25) is 9.59 Å². The Hall–Kier alpha value is -4.70. The van der Waals surface area contributed by atoms with Crippen LogP contribution in [-0.4, -0.2) is 11.8 Å². The first-order chi connectivity index (χ1) is 16.7. The van der Waals surface area contributed by atoms with E-state index >= 15 is 0 Å². The quantitative estimate of drug-likeness (QED) is 0.307. The van der Waals surface area contributed by atoms with E-state index < -0.39 is 0 Å². The average Bonchev–Trinajstić information content (AvgIpc) is 2.89. The van der Waals surface area contributed by atoms with Gasteiger partial charge in [0.05, 0.1) is 0 Å². The van der Waals surface area contributed by atoms with Crippen molar-refractivity contribution >= 4 is 34.0 Å². The molecule has 34 heavy (non-hydrogen) atoms. The third-order valence-corrected chi connectivity index (χ3v) is 5.69. The Balaban J connectivity index is 1.27. The van der Waals surface area contributed by atoms with E-state index in [9.17, 15) is 9.59 Å². The SMILES string of the molecule is O=C(Nc1ccccc1)c1ccc(-c2ccc(NC(=O)c3cccc4ccccc34)cc2)cc1. The second-order valence-corrected chi connectivity index (χ2v) is 7.96. The minimum atomic E-state index is -0.149. The van der Waals surface area contributed by atoms with E-state index in [1.807, 2.05) is 121 Å². The Morgan fingerprint density at radius 3 is 1.76 bits per heavy atom. The number of hydrogen-bond acceptors (Lipinski definition) is 2. The van der Waals surface area contributed by atoms with Gasteiger partial charge >= 0.3 is 0 Å². The summed E-state index contributed by atoms with van der Waals surface area (Å²) in [5.74, 6) is -0.289. The molecule has 0 aliphatic rings. The zero-order valence-electron chi connectivity index (χ0n) is 18.4. The second-order valence-electron chi connectivity index (χ2n) is 7.96. The topological polar surface area (TPSA) is 58.2 Å². The van der Waals surface area contributed by atoms with Crippen molar-refractivity contribution in [2.75, 3.05) is 10.6 Å². The number of carbonyl (C=O) groups is 2. The van der Waals surface area contributed by atoms with Crippen LogP contribution in [0.1, 0.15) is 20.7 Å². The van der Waals surface area contributed by atoms with Crippen molar-refractivity contribution in [3.63, 3.8) is 0 Å². The van der Waals surface area contributed by atoms with Gasteiger partial charge in [0.15, 0.2) is 0 Å². The minimum Gasteiger partial charge on any atom is -0.322 e. The predicted molar refractivity (Wildman–Crippen MR) is 138 cm³/mol. The molecule has 0 spiro atoms. The molecule has 4 heteroatoms. The summed E-state index contributed by atoms with van der Waals surface area (Å²) in [4.78, 5) is 25.3. The number of rotatable bonds is 5. The number of nitrogens with one attached hydrogen (secondary N) is 2. The molecule has 0 fully saturated rings. The van der Waals surface area contributed by atoms with Gasteiger partial charge in [-0.15, -0.1) is 0 Å². The standard InChI is InChI=1S/C30H22N2O2/c33-29(31-25-9-2-1-3-10-25)24-15-13-21(14-16-24)22-17-19-26(20-18-22)32-30(34)28-12-6-8-23-7-4-5-11-27(23)28/h1-20H,(H,31,33)(H,32,34). The van der Waals surface area contributed by atoms with Crippen LogP contribution in [0, 0.1) is 0 Å². The van der Waals surface area contributed by atoms with Gasteiger partial charge in [-0.2, -0.15) is 0 Å². The first kappa shape index (κ1) is 21.2. The lowest BCUT2D eigenvalue weighted by atomic mass is 10.0. The van der Waals surface area contributed by atoms with E-state index in [1.54, 1.807) is 0 Å². The molecule has 5 aromatic rings. The molecule has 5 rings (SSSR count). The van der Waals surface area contributed by atoms with Gasteiger partial charge in [-0.05, 0) is 64.4 Å². The lowest BCUT2D eigenvalue weighted by Gasteiger charge is -2.10. The largest absolute Gasteiger partial charge is 0.322 e. The molecule has 2 N–H and O–H groups in total. The van der Waals surface area contributed by atoms with Crippen LogP contribution < -0.4 is 10.6 Å². The van der Waals surface area contributed by atoms with Crippen molar-refractivity contribution in [2.24, 2.45) is 0 Å². The Labute approximate surface area is 197 Å². The van der Waals surface area contributed by atoms with Gasteiger partial charge in [-0.25, -0.2) is 0 Å². The number of anilines is 2. The van der Waals surface area contributed by atoms with Crippen LogP contribution in [0.25, 0.3) is 21.9 Å². The maximum atomic E-state index is 12.9. The van der Waals surface area contributed by atoms with E-state index in [2.05, 4.69) is 10.6 Å². The highest BCUT2D eigenvalue weighted by Gasteiger charge is 2.10. The highest BCUT2D eigenvalue weighted by atomic mass is 16.2. The fourth-order valence-electron chi connectivity index (χ4n) is 3.91. The Morgan fingerprint density at radius 1 is 0.471 bits per heavy atom. The summed E-state index contributed by atoms with van der Waals surface area (Å²) < 4.78 is 0. The molecule has 0 atom stereocenters. The van der Waals surface area contributed by atoms with E-state index in [0.29, 0.717) is 11.1 Å². The molecule has 0 heterocycles. The first-order valence-corrected chi connectivity index (χ1v) is 11.0. The predicted octanol–water partition coefficient (Wildman–Crippen LogP) is 7.01. The number of carbonyl (C=O) groups excluding carboxylic acids is 2. The van der Waals surface area contributed by atoms with Crippen molar-refractivity contribution in [1.29, 1.82) is 0 Å². The number of para-hydroxylation sites is 1. The molecule has 164 valence electrons. The molecule has 0 saturated heterocycles.